The summed E-state index contributed by atoms with van der Waals surface area (Å²) in [7, 11) is 0. The molecule has 0 rings (SSSR count). The fourth-order valence-corrected chi connectivity index (χ4v) is 0.139. The van der Waals surface area contributed by atoms with Gasteiger partial charge >= 0.3 is 71.2 Å². The molecule has 3 N–H and O–H groups in total. The van der Waals surface area contributed by atoms with Crippen LogP contribution in [0.5, 0.6) is 0 Å². The summed E-state index contributed by atoms with van der Waals surface area (Å²) in [5.74, 6) is -0.947. The summed E-state index contributed by atoms with van der Waals surface area (Å²) in [6.45, 7) is -0.410. The Hall–Kier alpha value is 0.900. The Bertz CT molecular complexity index is 125. The number of esters is 1. The zero-order chi connectivity index (χ0) is 6.57. The van der Waals surface area contributed by atoms with Crippen molar-refractivity contribution in [3.8, 4) is 0 Å². The van der Waals surface area contributed by atoms with Crippen molar-refractivity contribution in [2.24, 2.45) is 5.73 Å². The number of rotatable bonds is 1. The van der Waals surface area contributed by atoms with Gasteiger partial charge in [0, 0.05) is 0 Å². The van der Waals surface area contributed by atoms with E-state index in [0.29, 0.717) is 0 Å². The van der Waals surface area contributed by atoms with Crippen molar-refractivity contribution in [3.05, 3.63) is 0 Å². The fraction of sp³-hybridized carbons (Fsp3) is 0.333. The van der Waals surface area contributed by atoms with E-state index in [1.54, 1.807) is 0 Å². The van der Waals surface area contributed by atoms with E-state index in [1.807, 2.05) is 0 Å². The maximum Gasteiger partial charge on any atom is 1.00 e. The molecule has 0 saturated carbocycles. The van der Waals surface area contributed by atoms with E-state index >= 15 is 0 Å². The number of ether oxygens (including phenoxy) is 1. The van der Waals surface area contributed by atoms with E-state index in [4.69, 9.17) is 5.11 Å². The summed E-state index contributed by atoms with van der Waals surface area (Å²) in [6, 6.07) is 0. The van der Waals surface area contributed by atoms with Gasteiger partial charge in [-0.3, -0.25) is 4.79 Å². The number of carbonyl (C=O) groups excluding carboxylic acids is 1. The van der Waals surface area contributed by atoms with Crippen LogP contribution in [-0.2, 0) is 9.53 Å². The first-order chi connectivity index (χ1) is 3.66. The van der Waals surface area contributed by atoms with E-state index in [2.05, 4.69) is 10.5 Å². The zero-order valence-corrected chi connectivity index (χ0v) is 9.96. The summed E-state index contributed by atoms with van der Waals surface area (Å²) in [5.41, 5.74) is 4.68. The Morgan fingerprint density at radius 2 is 1.90 bits per heavy atom. The predicted molar refractivity (Wildman–Crippen MR) is 25.4 cm³/mol. The van der Waals surface area contributed by atoms with Gasteiger partial charge < -0.3 is 18.4 Å². The third kappa shape index (κ3) is 11.7. The van der Waals surface area contributed by atoms with Crippen LogP contribution in [0.1, 0.15) is 2.85 Å². The standard InChI is InChI=1S/C3H5NO4.2Na.2H/c4-1-2(5)8-3(6)7;;;;/h1,4H2,(H,6,7);;;;/q;2*+1;2*-1. The molecule has 5 nitrogen and oxygen atoms in total. The van der Waals surface area contributed by atoms with Crippen molar-refractivity contribution in [1.29, 1.82) is 0 Å². The van der Waals surface area contributed by atoms with E-state index in [-0.39, 0.29) is 62.0 Å². The normalized spacial score (nSPS) is 6.50. The molecule has 0 aliphatic carbocycles. The van der Waals surface area contributed by atoms with Crippen LogP contribution in [0.25, 0.3) is 0 Å². The van der Waals surface area contributed by atoms with Crippen molar-refractivity contribution in [3.63, 3.8) is 0 Å². The second kappa shape index (κ2) is 9.90. The largest absolute Gasteiger partial charge is 1.00 e. The number of hydrogen-bond donors (Lipinski definition) is 2. The predicted octanol–water partition coefficient (Wildman–Crippen LogP) is -6.60. The molecule has 0 aromatic rings. The first-order valence-corrected chi connectivity index (χ1v) is 1.80. The van der Waals surface area contributed by atoms with Gasteiger partial charge in [-0.2, -0.15) is 0 Å². The third-order valence-corrected chi connectivity index (χ3v) is 0.368. The molecule has 0 aliphatic rings. The van der Waals surface area contributed by atoms with Gasteiger partial charge in [0.05, 0.1) is 6.54 Å². The minimum absolute atomic E-state index is 0. The van der Waals surface area contributed by atoms with Crippen molar-refractivity contribution >= 4 is 12.1 Å². The Labute approximate surface area is 105 Å². The minimum Gasteiger partial charge on any atom is -1.00 e. The summed E-state index contributed by atoms with van der Waals surface area (Å²) < 4.78 is 3.55. The first kappa shape index (κ1) is 17.1. The average molecular weight is 167 g/mol. The second-order valence-electron chi connectivity index (χ2n) is 0.944. The van der Waals surface area contributed by atoms with Crippen LogP contribution in [0.2, 0.25) is 0 Å². The number of carboxylic acid groups (broad SMARTS) is 1. The molecule has 0 atom stereocenters. The molecule has 0 aromatic carbocycles. The third-order valence-electron chi connectivity index (χ3n) is 0.368. The monoisotopic (exact) mass is 167 g/mol. The van der Waals surface area contributed by atoms with Gasteiger partial charge in [0.1, 0.15) is 0 Å². The average Bonchev–Trinajstić information content (AvgIpc) is 1.65. The maximum atomic E-state index is 9.89. The molecule has 0 spiro atoms. The van der Waals surface area contributed by atoms with E-state index in [0.717, 1.165) is 0 Å². The number of hydrogen-bond acceptors (Lipinski definition) is 4. The van der Waals surface area contributed by atoms with E-state index in [1.165, 1.54) is 0 Å². The van der Waals surface area contributed by atoms with Crippen LogP contribution in [0.3, 0.4) is 0 Å². The zero-order valence-electron chi connectivity index (χ0n) is 7.96. The molecule has 0 radical (unpaired) electrons. The topological polar surface area (TPSA) is 89.6 Å². The molecule has 0 heterocycles. The van der Waals surface area contributed by atoms with Gasteiger partial charge in [-0.25, -0.2) is 4.79 Å². The van der Waals surface area contributed by atoms with Crippen LogP contribution in [0.4, 0.5) is 4.79 Å². The molecule has 0 fully saturated rings. The first-order valence-electron chi connectivity index (χ1n) is 1.80. The van der Waals surface area contributed by atoms with Crippen LogP contribution < -0.4 is 64.8 Å². The molecule has 0 saturated heterocycles. The summed E-state index contributed by atoms with van der Waals surface area (Å²) in [5, 5.41) is 7.72. The molecule has 0 aliphatic heterocycles. The van der Waals surface area contributed by atoms with Gasteiger partial charge in [-0.15, -0.1) is 0 Å². The summed E-state index contributed by atoms with van der Waals surface area (Å²) in [6.07, 6.45) is -1.62. The van der Waals surface area contributed by atoms with Crippen LogP contribution in [0.15, 0.2) is 0 Å². The SMILES string of the molecule is NCC(=O)OC(=O)O.[H-].[H-].[Na+].[Na+]. The second-order valence-corrected chi connectivity index (χ2v) is 0.944. The quantitative estimate of drug-likeness (QED) is 0.230. The van der Waals surface area contributed by atoms with Gasteiger partial charge in [0.25, 0.3) is 0 Å². The molecule has 7 heteroatoms. The van der Waals surface area contributed by atoms with Crippen molar-refractivity contribution in [2.45, 2.75) is 0 Å². The molecule has 50 valence electrons. The van der Waals surface area contributed by atoms with Gasteiger partial charge in [0.15, 0.2) is 0 Å². The van der Waals surface area contributed by atoms with E-state index < -0.39 is 18.7 Å². The fourth-order valence-electron chi connectivity index (χ4n) is 0.139. The smallest absolute Gasteiger partial charge is 1.00 e. The Morgan fingerprint density at radius 1 is 1.50 bits per heavy atom. The molecule has 0 bridgehead atoms. The van der Waals surface area contributed by atoms with Crippen LogP contribution in [-0.4, -0.2) is 23.8 Å². The van der Waals surface area contributed by atoms with Crippen molar-refractivity contribution in [2.75, 3.05) is 6.54 Å². The maximum absolute atomic E-state index is 9.89. The Kier molecular flexibility index (Phi) is 16.9. The van der Waals surface area contributed by atoms with Gasteiger partial charge in [-0.05, 0) is 0 Å². The minimum atomic E-state index is -1.62. The Morgan fingerprint density at radius 3 is 2.00 bits per heavy atom. The Balaban J connectivity index is -0.0000000408. The van der Waals surface area contributed by atoms with E-state index in [9.17, 15) is 9.59 Å². The number of carbonyl (C=O) groups is 2. The summed E-state index contributed by atoms with van der Waals surface area (Å²) >= 11 is 0. The van der Waals surface area contributed by atoms with Crippen LogP contribution >= 0.6 is 0 Å². The van der Waals surface area contributed by atoms with Crippen LogP contribution in [0, 0.1) is 0 Å². The van der Waals surface area contributed by atoms with Gasteiger partial charge in [-0.1, -0.05) is 0 Å². The molecular weight excluding hydrogens is 160 g/mol. The molecule has 0 aromatic heterocycles. The molecule has 10 heavy (non-hydrogen) atoms. The van der Waals surface area contributed by atoms with Crippen molar-refractivity contribution in [1.82, 2.24) is 0 Å². The summed E-state index contributed by atoms with van der Waals surface area (Å²) in [4.78, 5) is 19.4. The molecule has 0 amide bonds. The number of nitrogens with two attached hydrogens (primary N) is 1. The molecular formula is C3H7NNa2O4. The van der Waals surface area contributed by atoms with Crippen molar-refractivity contribution < 1.29 is 81.4 Å². The van der Waals surface area contributed by atoms with Gasteiger partial charge in [0.2, 0.25) is 0 Å². The molecule has 0 unspecified atom stereocenters.